The van der Waals surface area contributed by atoms with E-state index < -0.39 is 5.91 Å². The van der Waals surface area contributed by atoms with Gasteiger partial charge in [0.2, 0.25) is 0 Å². The summed E-state index contributed by atoms with van der Waals surface area (Å²) in [5.41, 5.74) is 8.98. The Balaban J connectivity index is 2.10. The van der Waals surface area contributed by atoms with E-state index in [1.165, 1.54) is 11.3 Å². The second-order valence-electron chi connectivity index (χ2n) is 5.68. The molecule has 2 aromatic heterocycles. The molecule has 132 valence electrons. The Hall–Kier alpha value is -2.33. The first-order valence-electron chi connectivity index (χ1n) is 7.66. The van der Waals surface area contributed by atoms with E-state index in [0.717, 1.165) is 22.0 Å². The Kier molecular flexibility index (Phi) is 5.33. The van der Waals surface area contributed by atoms with Gasteiger partial charge in [-0.2, -0.15) is 5.26 Å². The molecule has 26 heavy (non-hydrogen) atoms. The summed E-state index contributed by atoms with van der Waals surface area (Å²) in [5, 5.41) is 12.5. The highest BCUT2D eigenvalue weighted by molar-refractivity contribution is 7.10. The average Bonchev–Trinajstić information content (AvgIpc) is 3.16. The van der Waals surface area contributed by atoms with E-state index in [1.54, 1.807) is 18.2 Å². The van der Waals surface area contributed by atoms with Crippen LogP contribution in [-0.4, -0.2) is 15.5 Å². The first-order valence-corrected chi connectivity index (χ1v) is 9.30. The molecule has 1 aromatic carbocycles. The number of nitrogens with two attached hydrogens (primary N) is 1. The molecule has 2 N–H and O–H groups in total. The first-order chi connectivity index (χ1) is 12.4. The van der Waals surface area contributed by atoms with Crippen LogP contribution in [0.3, 0.4) is 0 Å². The molecule has 0 fully saturated rings. The normalized spacial score (nSPS) is 10.7. The number of hydrogen-bond donors (Lipinski definition) is 1. The lowest BCUT2D eigenvalue weighted by atomic mass is 10.2. The average molecular weight is 405 g/mol. The van der Waals surface area contributed by atoms with E-state index in [4.69, 9.17) is 34.2 Å². The van der Waals surface area contributed by atoms with Gasteiger partial charge < -0.3 is 10.3 Å². The van der Waals surface area contributed by atoms with Gasteiger partial charge in [0, 0.05) is 27.7 Å². The van der Waals surface area contributed by atoms with Gasteiger partial charge in [-0.1, -0.05) is 29.3 Å². The summed E-state index contributed by atoms with van der Waals surface area (Å²) in [7, 11) is 0. The van der Waals surface area contributed by atoms with Crippen molar-refractivity contribution in [1.82, 2.24) is 9.55 Å². The van der Waals surface area contributed by atoms with Crippen LogP contribution in [0.2, 0.25) is 10.0 Å². The number of nitrogens with zero attached hydrogens (tertiary/aromatic N) is 3. The maximum Gasteiger partial charge on any atom is 0.250 e. The van der Waals surface area contributed by atoms with Crippen molar-refractivity contribution in [1.29, 1.82) is 5.26 Å². The SMILES string of the molecule is Cc1c(C(N)=O)cc(-c2csc(CC#N)n2)n1Cc1ccc(Cl)cc1Cl. The van der Waals surface area contributed by atoms with Gasteiger partial charge in [-0.05, 0) is 30.7 Å². The van der Waals surface area contributed by atoms with Crippen molar-refractivity contribution in [2.75, 3.05) is 0 Å². The largest absolute Gasteiger partial charge is 0.366 e. The molecule has 5 nitrogen and oxygen atoms in total. The van der Waals surface area contributed by atoms with E-state index in [9.17, 15) is 4.79 Å². The van der Waals surface area contributed by atoms with Crippen LogP contribution in [0.15, 0.2) is 29.6 Å². The zero-order valence-electron chi connectivity index (χ0n) is 13.8. The zero-order valence-corrected chi connectivity index (χ0v) is 16.1. The lowest BCUT2D eigenvalue weighted by Gasteiger charge is -2.12. The van der Waals surface area contributed by atoms with Gasteiger partial charge in [-0.25, -0.2) is 4.98 Å². The van der Waals surface area contributed by atoms with Gasteiger partial charge >= 0.3 is 0 Å². The molecule has 3 rings (SSSR count). The van der Waals surface area contributed by atoms with E-state index in [1.807, 2.05) is 22.9 Å². The van der Waals surface area contributed by atoms with E-state index >= 15 is 0 Å². The fourth-order valence-corrected chi connectivity index (χ4v) is 3.90. The highest BCUT2D eigenvalue weighted by Gasteiger charge is 2.19. The zero-order chi connectivity index (χ0) is 18.8. The maximum atomic E-state index is 11.8. The van der Waals surface area contributed by atoms with Gasteiger partial charge in [-0.3, -0.25) is 4.79 Å². The fraction of sp³-hybridized carbons (Fsp3) is 0.167. The number of rotatable bonds is 5. The number of thiazole rings is 1. The number of primary amides is 1. The van der Waals surface area contributed by atoms with Crippen molar-refractivity contribution in [3.63, 3.8) is 0 Å². The second-order valence-corrected chi connectivity index (χ2v) is 7.46. The number of amides is 1. The summed E-state index contributed by atoms with van der Waals surface area (Å²) in [6, 6.07) is 9.11. The van der Waals surface area contributed by atoms with Gasteiger partial charge in [0.15, 0.2) is 0 Å². The summed E-state index contributed by atoms with van der Waals surface area (Å²) in [5.74, 6) is -0.503. The van der Waals surface area contributed by atoms with Crippen molar-refractivity contribution in [2.24, 2.45) is 5.73 Å². The van der Waals surface area contributed by atoms with Crippen molar-refractivity contribution in [3.05, 3.63) is 61.5 Å². The molecule has 8 heteroatoms. The summed E-state index contributed by atoms with van der Waals surface area (Å²) in [6.07, 6.45) is 0.246. The summed E-state index contributed by atoms with van der Waals surface area (Å²) in [4.78, 5) is 16.3. The number of aromatic nitrogens is 2. The third kappa shape index (κ3) is 3.61. The third-order valence-electron chi connectivity index (χ3n) is 4.02. The Morgan fingerprint density at radius 1 is 1.38 bits per heavy atom. The summed E-state index contributed by atoms with van der Waals surface area (Å²) in [6.45, 7) is 2.27. The Labute approximate surface area is 164 Å². The van der Waals surface area contributed by atoms with E-state index in [2.05, 4.69) is 11.1 Å². The molecule has 0 spiro atoms. The monoisotopic (exact) mass is 404 g/mol. The molecule has 3 aromatic rings. The molecule has 0 aliphatic carbocycles. The molecule has 0 saturated heterocycles. The van der Waals surface area contributed by atoms with Crippen LogP contribution < -0.4 is 5.73 Å². The molecule has 0 unspecified atom stereocenters. The van der Waals surface area contributed by atoms with Crippen LogP contribution >= 0.6 is 34.5 Å². The molecule has 0 atom stereocenters. The second kappa shape index (κ2) is 7.50. The lowest BCUT2D eigenvalue weighted by molar-refractivity contribution is 0.0999. The molecular formula is C18H14Cl2N4OS. The molecule has 0 aliphatic rings. The Morgan fingerprint density at radius 3 is 2.81 bits per heavy atom. The number of nitriles is 1. The van der Waals surface area contributed by atoms with Crippen LogP contribution in [0.1, 0.15) is 26.6 Å². The van der Waals surface area contributed by atoms with Crippen molar-refractivity contribution < 1.29 is 4.79 Å². The molecule has 0 radical (unpaired) electrons. The van der Waals surface area contributed by atoms with Crippen molar-refractivity contribution in [2.45, 2.75) is 19.9 Å². The minimum absolute atomic E-state index is 0.246. The molecule has 1 amide bonds. The third-order valence-corrected chi connectivity index (χ3v) is 5.46. The maximum absolute atomic E-state index is 11.8. The van der Waals surface area contributed by atoms with Crippen LogP contribution in [0.5, 0.6) is 0 Å². The minimum atomic E-state index is -0.503. The summed E-state index contributed by atoms with van der Waals surface area (Å²) >= 11 is 13.7. The number of benzene rings is 1. The van der Waals surface area contributed by atoms with Gasteiger partial charge in [0.05, 0.1) is 29.4 Å². The summed E-state index contributed by atoms with van der Waals surface area (Å²) < 4.78 is 1.94. The molecule has 0 saturated carbocycles. The van der Waals surface area contributed by atoms with Crippen LogP contribution in [0.4, 0.5) is 0 Å². The molecular weight excluding hydrogens is 391 g/mol. The van der Waals surface area contributed by atoms with E-state index in [-0.39, 0.29) is 6.42 Å². The van der Waals surface area contributed by atoms with Gasteiger partial charge in [0.25, 0.3) is 5.91 Å². The highest BCUT2D eigenvalue weighted by Crippen LogP contribution is 2.30. The van der Waals surface area contributed by atoms with Crippen molar-refractivity contribution >= 4 is 40.4 Å². The molecule has 0 bridgehead atoms. The van der Waals surface area contributed by atoms with Crippen LogP contribution in [0, 0.1) is 18.3 Å². The Morgan fingerprint density at radius 2 is 2.15 bits per heavy atom. The van der Waals surface area contributed by atoms with E-state index in [0.29, 0.717) is 27.8 Å². The highest BCUT2D eigenvalue weighted by atomic mass is 35.5. The van der Waals surface area contributed by atoms with Crippen molar-refractivity contribution in [3.8, 4) is 17.5 Å². The number of halogens is 2. The lowest BCUT2D eigenvalue weighted by Crippen LogP contribution is -2.13. The fourth-order valence-electron chi connectivity index (χ4n) is 2.71. The van der Waals surface area contributed by atoms with Gasteiger partial charge in [0.1, 0.15) is 5.01 Å². The predicted molar refractivity (Wildman–Crippen MR) is 104 cm³/mol. The minimum Gasteiger partial charge on any atom is -0.366 e. The first kappa shape index (κ1) is 18.5. The molecule has 2 heterocycles. The number of hydrogen-bond acceptors (Lipinski definition) is 4. The smallest absolute Gasteiger partial charge is 0.250 e. The quantitative estimate of drug-likeness (QED) is 0.681. The number of carbonyl (C=O) groups excluding carboxylic acids is 1. The standard InChI is InChI=1S/C18H14Cl2N4OS/c1-10-13(18(22)25)7-16(15-9-26-17(23-15)4-5-21)24(10)8-11-2-3-12(19)6-14(11)20/h2-3,6-7,9H,4,8H2,1H3,(H2,22,25). The van der Waals surface area contributed by atoms with Crippen LogP contribution in [0.25, 0.3) is 11.4 Å². The Bertz CT molecular complexity index is 1030. The topological polar surface area (TPSA) is 84.7 Å². The molecule has 0 aliphatic heterocycles. The predicted octanol–water partition coefficient (Wildman–Crippen LogP) is 4.44. The van der Waals surface area contributed by atoms with Crippen LogP contribution in [-0.2, 0) is 13.0 Å². The number of carbonyl (C=O) groups is 1. The van der Waals surface area contributed by atoms with Gasteiger partial charge in [-0.15, -0.1) is 11.3 Å².